The minimum Gasteiger partial charge on any atom is -0.0895 e. The maximum absolute atomic E-state index is 3.23. The van der Waals surface area contributed by atoms with Gasteiger partial charge in [-0.15, -0.1) is 0 Å². The highest BCUT2D eigenvalue weighted by Crippen LogP contribution is 2.33. The molecule has 0 N–H and O–H groups in total. The highest BCUT2D eigenvalue weighted by atomic mass is 32.2. The van der Waals surface area contributed by atoms with Crippen LogP contribution in [-0.2, 0) is 0 Å². The van der Waals surface area contributed by atoms with Gasteiger partial charge in [0.1, 0.15) is 0 Å². The van der Waals surface area contributed by atoms with Gasteiger partial charge in [0.2, 0.25) is 0 Å². The normalized spacial score (nSPS) is 16.1. The van der Waals surface area contributed by atoms with E-state index < -0.39 is 0 Å². The van der Waals surface area contributed by atoms with Crippen LogP contribution in [0.4, 0.5) is 0 Å². The molecule has 1 heteroatoms. The Hall–Kier alpha value is -0.950. The molecule has 0 aliphatic heterocycles. The van der Waals surface area contributed by atoms with Crippen LogP contribution in [0, 0.1) is 6.07 Å². The lowest BCUT2D eigenvalue weighted by Gasteiger charge is -2.11. The third-order valence-corrected chi connectivity index (χ3v) is 3.45. The van der Waals surface area contributed by atoms with Crippen LogP contribution in [0.25, 0.3) is 0 Å². The summed E-state index contributed by atoms with van der Waals surface area (Å²) in [5.41, 5.74) is 1.50. The summed E-state index contributed by atoms with van der Waals surface area (Å²) in [4.78, 5) is 2.59. The van der Waals surface area contributed by atoms with Crippen molar-refractivity contribution in [3.63, 3.8) is 0 Å². The molecule has 0 bridgehead atoms. The summed E-state index contributed by atoms with van der Waals surface area (Å²) >= 11 is 1.81. The molecule has 0 aromatic heterocycles. The van der Waals surface area contributed by atoms with E-state index in [9.17, 15) is 0 Å². The Bertz CT molecular complexity index is 360. The highest BCUT2D eigenvalue weighted by Gasteiger charge is 2.05. The Labute approximate surface area is 89.7 Å². The molecule has 0 fully saturated rings. The van der Waals surface area contributed by atoms with Gasteiger partial charge in [-0.1, -0.05) is 47.7 Å². The zero-order chi connectivity index (χ0) is 9.80. The molecule has 0 saturated carbocycles. The van der Waals surface area contributed by atoms with Crippen molar-refractivity contribution in [3.05, 3.63) is 53.0 Å². The van der Waals surface area contributed by atoms with E-state index in [0.29, 0.717) is 0 Å². The molecule has 0 unspecified atom stereocenters. The molecule has 1 aromatic carbocycles. The molecule has 2 rings (SSSR count). The number of thioether (sulfide) groups is 1. The van der Waals surface area contributed by atoms with E-state index in [1.165, 1.54) is 28.2 Å². The smallest absolute Gasteiger partial charge is 0.0201 e. The van der Waals surface area contributed by atoms with Crippen molar-refractivity contribution in [1.29, 1.82) is 0 Å². The van der Waals surface area contributed by atoms with Crippen molar-refractivity contribution in [2.24, 2.45) is 0 Å². The monoisotopic (exact) mass is 201 g/mol. The van der Waals surface area contributed by atoms with Crippen molar-refractivity contribution in [2.75, 3.05) is 0 Å². The summed E-state index contributed by atoms with van der Waals surface area (Å²) in [5, 5.41) is 0. The van der Waals surface area contributed by atoms with Crippen molar-refractivity contribution >= 4 is 11.8 Å². The van der Waals surface area contributed by atoms with Gasteiger partial charge in [-0.2, -0.15) is 0 Å². The number of allylic oxidation sites excluding steroid dienone is 3. The van der Waals surface area contributed by atoms with Gasteiger partial charge in [-0.25, -0.2) is 0 Å². The minimum atomic E-state index is 1.19. The molecule has 1 radical (unpaired) electrons. The number of hydrogen-bond acceptors (Lipinski definition) is 1. The van der Waals surface area contributed by atoms with Crippen LogP contribution in [0.2, 0.25) is 0 Å². The Morgan fingerprint density at radius 1 is 1.36 bits per heavy atom. The summed E-state index contributed by atoms with van der Waals surface area (Å²) < 4.78 is 0. The van der Waals surface area contributed by atoms with Gasteiger partial charge >= 0.3 is 0 Å². The van der Waals surface area contributed by atoms with Gasteiger partial charge in [0.15, 0.2) is 0 Å². The molecule has 1 aliphatic carbocycles. The lowest BCUT2D eigenvalue weighted by molar-refractivity contribution is 0.957. The molecule has 0 nitrogen and oxygen atoms in total. The van der Waals surface area contributed by atoms with E-state index in [-0.39, 0.29) is 0 Å². The molecule has 14 heavy (non-hydrogen) atoms. The van der Waals surface area contributed by atoms with Gasteiger partial charge < -0.3 is 0 Å². The second kappa shape index (κ2) is 4.52. The molecular formula is C13H13S. The first-order chi connectivity index (χ1) is 6.86. The van der Waals surface area contributed by atoms with Crippen molar-refractivity contribution in [1.82, 2.24) is 0 Å². The average molecular weight is 201 g/mol. The van der Waals surface area contributed by atoms with E-state index in [0.717, 1.165) is 0 Å². The number of hydrogen-bond donors (Lipinski definition) is 0. The predicted molar refractivity (Wildman–Crippen MR) is 62.2 cm³/mol. The van der Waals surface area contributed by atoms with E-state index in [1.54, 1.807) is 0 Å². The van der Waals surface area contributed by atoms with Crippen LogP contribution in [0.3, 0.4) is 0 Å². The Morgan fingerprint density at radius 2 is 2.29 bits per heavy atom. The molecular weight excluding hydrogens is 188 g/mol. The van der Waals surface area contributed by atoms with Crippen LogP contribution in [0.15, 0.2) is 51.8 Å². The van der Waals surface area contributed by atoms with E-state index in [1.807, 2.05) is 23.9 Å². The number of benzene rings is 1. The van der Waals surface area contributed by atoms with Gasteiger partial charge in [0.25, 0.3) is 0 Å². The third kappa shape index (κ3) is 2.30. The quantitative estimate of drug-likeness (QED) is 0.691. The first-order valence-corrected chi connectivity index (χ1v) is 5.69. The van der Waals surface area contributed by atoms with Crippen LogP contribution >= 0.6 is 11.8 Å². The molecule has 0 saturated heterocycles. The standard InChI is InChI=1S/C13H13S/c1-11-7-5-6-10-13(11)14-12-8-3-2-4-9-12/h2-4,6,8,10H,5,7H2,1H3. The first kappa shape index (κ1) is 9.60. The Morgan fingerprint density at radius 3 is 3.00 bits per heavy atom. The zero-order valence-corrected chi connectivity index (χ0v) is 9.10. The largest absolute Gasteiger partial charge is 0.0895 e. The molecule has 0 spiro atoms. The fourth-order valence-corrected chi connectivity index (χ4v) is 2.39. The second-order valence-electron chi connectivity index (χ2n) is 3.41. The predicted octanol–water partition coefficient (Wildman–Crippen LogP) is 4.20. The molecule has 71 valence electrons. The maximum atomic E-state index is 3.23. The molecule has 1 aromatic rings. The summed E-state index contributed by atoms with van der Waals surface area (Å²) in [6, 6.07) is 11.4. The lowest BCUT2D eigenvalue weighted by Crippen LogP contribution is -1.87. The Balaban J connectivity index is 2.15. The van der Waals surface area contributed by atoms with Gasteiger partial charge in [0, 0.05) is 9.80 Å². The number of rotatable bonds is 2. The van der Waals surface area contributed by atoms with Crippen LogP contribution in [0.5, 0.6) is 0 Å². The summed E-state index contributed by atoms with van der Waals surface area (Å²) in [6.07, 6.45) is 6.86. The van der Waals surface area contributed by atoms with E-state index >= 15 is 0 Å². The topological polar surface area (TPSA) is 0 Å². The lowest BCUT2D eigenvalue weighted by atomic mass is 10.1. The fraction of sp³-hybridized carbons (Fsp3) is 0.231. The minimum absolute atomic E-state index is 1.19. The van der Waals surface area contributed by atoms with Gasteiger partial charge in [0.05, 0.1) is 0 Å². The van der Waals surface area contributed by atoms with E-state index in [2.05, 4.69) is 37.3 Å². The first-order valence-electron chi connectivity index (χ1n) is 4.87. The SMILES string of the molecule is CC1=C(Sc2[c]cccc2)C=CCC1. The van der Waals surface area contributed by atoms with Crippen molar-refractivity contribution < 1.29 is 0 Å². The van der Waals surface area contributed by atoms with Crippen LogP contribution in [-0.4, -0.2) is 0 Å². The zero-order valence-electron chi connectivity index (χ0n) is 8.29. The Kier molecular flexibility index (Phi) is 3.10. The molecule has 0 heterocycles. The summed E-state index contributed by atoms with van der Waals surface area (Å²) in [6.45, 7) is 2.22. The molecule has 0 atom stereocenters. The molecule has 1 aliphatic rings. The van der Waals surface area contributed by atoms with Crippen LogP contribution < -0.4 is 0 Å². The summed E-state index contributed by atoms with van der Waals surface area (Å²) in [5.74, 6) is 0. The highest BCUT2D eigenvalue weighted by molar-refractivity contribution is 8.03. The molecule has 0 amide bonds. The van der Waals surface area contributed by atoms with E-state index in [4.69, 9.17) is 0 Å². The third-order valence-electron chi connectivity index (χ3n) is 2.28. The van der Waals surface area contributed by atoms with Crippen molar-refractivity contribution in [3.8, 4) is 0 Å². The maximum Gasteiger partial charge on any atom is 0.0201 e. The van der Waals surface area contributed by atoms with Gasteiger partial charge in [-0.05, 0) is 31.9 Å². The second-order valence-corrected chi connectivity index (χ2v) is 4.50. The van der Waals surface area contributed by atoms with Crippen molar-refractivity contribution in [2.45, 2.75) is 24.7 Å². The van der Waals surface area contributed by atoms with Gasteiger partial charge in [-0.3, -0.25) is 0 Å². The fourth-order valence-electron chi connectivity index (χ4n) is 1.44. The summed E-state index contributed by atoms with van der Waals surface area (Å²) in [7, 11) is 0. The van der Waals surface area contributed by atoms with Crippen LogP contribution in [0.1, 0.15) is 19.8 Å². The average Bonchev–Trinajstić information content (AvgIpc) is 2.23.